The van der Waals surface area contributed by atoms with Gasteiger partial charge >= 0.3 is 0 Å². The van der Waals surface area contributed by atoms with Gasteiger partial charge in [-0.25, -0.2) is 15.0 Å². The first-order valence-corrected chi connectivity index (χ1v) is 18.7. The second-order valence-electron chi connectivity index (χ2n) is 12.4. The van der Waals surface area contributed by atoms with Crippen LogP contribution in [0.15, 0.2) is 188 Å². The lowest BCUT2D eigenvalue weighted by Crippen LogP contribution is -2.00. The molecule has 0 amide bonds. The maximum absolute atomic E-state index is 9.71. The van der Waals surface area contributed by atoms with Crippen LogP contribution in [0.3, 0.4) is 0 Å². The zero-order valence-corrected chi connectivity index (χ0v) is 30.1. The van der Waals surface area contributed by atoms with Gasteiger partial charge in [-0.05, 0) is 69.7 Å². The summed E-state index contributed by atoms with van der Waals surface area (Å²) in [4.78, 5) is 13.2. The van der Waals surface area contributed by atoms with Crippen LogP contribution in [-0.2, 0) is 0 Å². The Hall–Kier alpha value is -6.79. The van der Waals surface area contributed by atoms with Gasteiger partial charge < -0.3 is 0 Å². The average Bonchev–Trinajstić information content (AvgIpc) is 4.05. The topological polar surface area (TPSA) is 38.7 Å². The SMILES string of the molecule is [2H]c1c([2H])c([2H])c(-c2nc(-c3c([2H])c([2H])c([2H])c(-c4c([2H])c([2H])c([2H])c([2H])c4[2H])c3[2H])nc(-c3c([2H])c([2H])c4c(sc5c([2H])c(-c6cc(-c7ccccc7)c7c(c6)sc6ccccc67)c([2H])c([2H])c54)c3[2H])n2)c([2H])c1[2H]. The summed E-state index contributed by atoms with van der Waals surface area (Å²) >= 11 is 2.39. The van der Waals surface area contributed by atoms with Gasteiger partial charge in [0, 0.05) is 57.0 Å². The highest BCUT2D eigenvalue weighted by molar-refractivity contribution is 7.26. The maximum atomic E-state index is 9.71. The number of nitrogens with zero attached hydrogens (tertiary/aromatic N) is 3. The number of fused-ring (bicyclic) bond motifs is 6. The highest BCUT2D eigenvalue weighted by Gasteiger charge is 2.17. The van der Waals surface area contributed by atoms with Crippen LogP contribution in [0.1, 0.15) is 27.4 Å². The van der Waals surface area contributed by atoms with E-state index in [0.29, 0.717) is 5.56 Å². The summed E-state index contributed by atoms with van der Waals surface area (Å²) in [6.45, 7) is 0. The number of thiophene rings is 2. The summed E-state index contributed by atoms with van der Waals surface area (Å²) in [5.41, 5.74) is -0.883. The zero-order valence-electron chi connectivity index (χ0n) is 48.5. The quantitative estimate of drug-likeness (QED) is 0.169. The molecule has 0 unspecified atom stereocenters. The van der Waals surface area contributed by atoms with Crippen molar-refractivity contribution < 1.29 is 27.4 Å². The van der Waals surface area contributed by atoms with Crippen molar-refractivity contribution in [1.29, 1.82) is 0 Å². The fraction of sp³-hybridized carbons (Fsp3) is 0. The Morgan fingerprint density at radius 2 is 0.911 bits per heavy atom. The van der Waals surface area contributed by atoms with Crippen LogP contribution in [-0.4, -0.2) is 15.0 Å². The Balaban J connectivity index is 1.19. The smallest absolute Gasteiger partial charge is 0.164 e. The Kier molecular flexibility index (Phi) is 4.39. The minimum atomic E-state index is -0.910. The number of hydrogen-bond acceptors (Lipinski definition) is 5. The second kappa shape index (κ2) is 13.5. The first kappa shape index (κ1) is 18.2. The van der Waals surface area contributed by atoms with E-state index in [0.717, 1.165) is 42.6 Å². The standard InChI is InChI=1S/C51H31N3S2/c1-4-13-32(14-5-1)35-19-12-20-37(27-35)50-52-49(34-17-8-3-9-18-34)53-51(54-50)38-24-26-41-40-25-23-36(29-45(40)56-46(41)30-38)39-28-43(33-15-6-2-7-16-33)48-42-21-10-11-22-44(42)55-47(48)31-39/h1-31H/i1D,3D,4D,5D,8D,9D,12D,13D,14D,17D,18D,19D,20D,23D,24D,25D,26D,27D,29D,30D. The van der Waals surface area contributed by atoms with E-state index in [1.165, 1.54) is 0 Å². The Morgan fingerprint density at radius 1 is 0.357 bits per heavy atom. The molecule has 3 nitrogen and oxygen atoms in total. The lowest BCUT2D eigenvalue weighted by Gasteiger charge is -2.10. The van der Waals surface area contributed by atoms with E-state index < -0.39 is 148 Å². The zero-order chi connectivity index (χ0) is 54.4. The molecule has 262 valence electrons. The molecular weight excluding hydrogens is 719 g/mol. The predicted octanol–water partition coefficient (Wildman–Crippen LogP) is 14.6. The van der Waals surface area contributed by atoms with Gasteiger partial charge in [-0.1, -0.05) is 151 Å². The highest BCUT2D eigenvalue weighted by atomic mass is 32.1. The maximum Gasteiger partial charge on any atom is 0.164 e. The summed E-state index contributed by atoms with van der Waals surface area (Å²) in [5, 5.41) is 1.87. The number of aromatic nitrogens is 3. The molecule has 0 aliphatic carbocycles. The van der Waals surface area contributed by atoms with Crippen LogP contribution in [0.4, 0.5) is 0 Å². The molecule has 0 atom stereocenters. The van der Waals surface area contributed by atoms with E-state index in [1.807, 2.05) is 66.7 Å². The highest BCUT2D eigenvalue weighted by Crippen LogP contribution is 2.44. The fourth-order valence-electron chi connectivity index (χ4n) is 6.51. The van der Waals surface area contributed by atoms with E-state index in [-0.39, 0.29) is 43.9 Å². The molecule has 0 N–H and O–H groups in total. The molecule has 56 heavy (non-hydrogen) atoms. The number of benzene rings is 8. The summed E-state index contributed by atoms with van der Waals surface area (Å²) < 4.78 is 180. The largest absolute Gasteiger partial charge is 0.208 e. The van der Waals surface area contributed by atoms with E-state index in [9.17, 15) is 9.60 Å². The van der Waals surface area contributed by atoms with Crippen molar-refractivity contribution in [2.24, 2.45) is 0 Å². The molecule has 0 aliphatic heterocycles. The molecular formula is C51H31N3S2. The summed E-state index contributed by atoms with van der Waals surface area (Å²) in [5.74, 6) is -2.12. The van der Waals surface area contributed by atoms with Crippen LogP contribution in [0.25, 0.3) is 108 Å². The van der Waals surface area contributed by atoms with Crippen molar-refractivity contribution in [3.05, 3.63) is 188 Å². The molecule has 8 aromatic carbocycles. The fourth-order valence-corrected chi connectivity index (χ4v) is 8.71. The minimum absolute atomic E-state index is 0.0315. The molecule has 11 rings (SSSR count). The second-order valence-corrected chi connectivity index (χ2v) is 14.5. The number of hydrogen-bond donors (Lipinski definition) is 0. The molecule has 5 heteroatoms. The van der Waals surface area contributed by atoms with Crippen molar-refractivity contribution in [3.63, 3.8) is 0 Å². The molecule has 0 saturated carbocycles. The molecule has 0 saturated heterocycles. The predicted molar refractivity (Wildman–Crippen MR) is 238 cm³/mol. The monoisotopic (exact) mass is 769 g/mol. The van der Waals surface area contributed by atoms with E-state index >= 15 is 0 Å². The third-order valence-electron chi connectivity index (χ3n) is 9.04. The average molecular weight is 770 g/mol. The lowest BCUT2D eigenvalue weighted by atomic mass is 9.94. The molecule has 11 aromatic rings. The van der Waals surface area contributed by atoms with Gasteiger partial charge in [0.2, 0.25) is 0 Å². The van der Waals surface area contributed by atoms with Crippen molar-refractivity contribution in [2.45, 2.75) is 0 Å². The van der Waals surface area contributed by atoms with Gasteiger partial charge in [-0.15, -0.1) is 22.7 Å². The normalized spacial score (nSPS) is 16.6. The Labute approximate surface area is 360 Å². The molecule has 0 bridgehead atoms. The molecule has 0 spiro atoms. The molecule has 0 radical (unpaired) electrons. The van der Waals surface area contributed by atoms with E-state index in [2.05, 4.69) is 15.0 Å². The Bertz CT molecular complexity index is 4370. The molecule has 0 aliphatic rings. The minimum Gasteiger partial charge on any atom is -0.208 e. The summed E-state index contributed by atoms with van der Waals surface area (Å²) in [6.07, 6.45) is 0. The Morgan fingerprint density at radius 3 is 1.66 bits per heavy atom. The van der Waals surface area contributed by atoms with Gasteiger partial charge in [-0.2, -0.15) is 0 Å². The van der Waals surface area contributed by atoms with Crippen LogP contribution in [0.2, 0.25) is 0 Å². The first-order chi connectivity index (χ1) is 36.1. The van der Waals surface area contributed by atoms with E-state index in [4.69, 9.17) is 17.8 Å². The van der Waals surface area contributed by atoms with Crippen molar-refractivity contribution >= 4 is 63.0 Å². The van der Waals surface area contributed by atoms with Crippen LogP contribution < -0.4 is 0 Å². The van der Waals surface area contributed by atoms with Gasteiger partial charge in [0.25, 0.3) is 0 Å². The molecule has 0 fully saturated rings. The molecule has 3 aromatic heterocycles. The third kappa shape index (κ3) is 5.77. The van der Waals surface area contributed by atoms with Gasteiger partial charge in [0.05, 0.1) is 27.4 Å². The van der Waals surface area contributed by atoms with Crippen molar-refractivity contribution in [1.82, 2.24) is 15.0 Å². The van der Waals surface area contributed by atoms with Gasteiger partial charge in [0.1, 0.15) is 0 Å². The van der Waals surface area contributed by atoms with Gasteiger partial charge in [0.15, 0.2) is 17.5 Å². The third-order valence-corrected chi connectivity index (χ3v) is 11.2. The summed E-state index contributed by atoms with van der Waals surface area (Å²) in [6, 6.07) is 6.89. The van der Waals surface area contributed by atoms with Crippen molar-refractivity contribution in [3.8, 4) is 67.5 Å². The molecule has 3 heterocycles. The first-order valence-electron chi connectivity index (χ1n) is 27.1. The summed E-state index contributed by atoms with van der Waals surface area (Å²) in [7, 11) is 0. The van der Waals surface area contributed by atoms with Crippen LogP contribution in [0.5, 0.6) is 0 Å². The van der Waals surface area contributed by atoms with Gasteiger partial charge in [-0.3, -0.25) is 0 Å². The van der Waals surface area contributed by atoms with Crippen LogP contribution in [0, 0.1) is 0 Å². The van der Waals surface area contributed by atoms with Crippen molar-refractivity contribution in [2.75, 3.05) is 0 Å². The number of rotatable bonds is 6. The van der Waals surface area contributed by atoms with E-state index in [1.54, 1.807) is 11.3 Å². The van der Waals surface area contributed by atoms with Crippen LogP contribution >= 0.6 is 22.7 Å². The lowest BCUT2D eigenvalue weighted by molar-refractivity contribution is 1.07.